The van der Waals surface area contributed by atoms with Gasteiger partial charge in [0, 0.05) is 24.9 Å². The predicted octanol–water partition coefficient (Wildman–Crippen LogP) is 3.00. The molecule has 1 aromatic carbocycles. The molecule has 148 valence electrons. The third-order valence-corrected chi connectivity index (χ3v) is 4.44. The Morgan fingerprint density at radius 1 is 1.33 bits per heavy atom. The van der Waals surface area contributed by atoms with Crippen LogP contribution in [0.4, 0.5) is 8.78 Å². The summed E-state index contributed by atoms with van der Waals surface area (Å²) in [6.45, 7) is 1.50. The van der Waals surface area contributed by atoms with Gasteiger partial charge in [-0.2, -0.15) is 8.78 Å². The van der Waals surface area contributed by atoms with Gasteiger partial charge in [0.1, 0.15) is 12.4 Å². The highest BCUT2D eigenvalue weighted by atomic mass is 32.1. The minimum atomic E-state index is -2.99. The van der Waals surface area contributed by atoms with Crippen molar-refractivity contribution < 1.29 is 27.8 Å². The van der Waals surface area contributed by atoms with Gasteiger partial charge in [-0.15, -0.1) is 0 Å². The molecule has 0 radical (unpaired) electrons. The van der Waals surface area contributed by atoms with Gasteiger partial charge in [-0.1, -0.05) is 18.2 Å². The number of allylic oxidation sites excluding steroid dienone is 1. The van der Waals surface area contributed by atoms with Crippen LogP contribution in [0.2, 0.25) is 0 Å². The second-order valence-electron chi connectivity index (χ2n) is 5.67. The summed E-state index contributed by atoms with van der Waals surface area (Å²) < 4.78 is 40.4. The number of carbonyl (C=O) groups is 1. The molecule has 1 aliphatic rings. The lowest BCUT2D eigenvalue weighted by atomic mass is 9.94. The summed E-state index contributed by atoms with van der Waals surface area (Å²) in [7, 11) is 1.50. The summed E-state index contributed by atoms with van der Waals surface area (Å²) in [5.41, 5.74) is 1.25. The van der Waals surface area contributed by atoms with Crippen LogP contribution in [0.3, 0.4) is 0 Å². The fourth-order valence-electron chi connectivity index (χ4n) is 2.88. The third kappa shape index (κ3) is 4.92. The number of thiocarbonyl (C=S) groups is 1. The zero-order valence-electron chi connectivity index (χ0n) is 15.3. The number of hydrogen-bond acceptors (Lipinski definition) is 5. The Bertz CT molecular complexity index is 727. The van der Waals surface area contributed by atoms with E-state index in [-0.39, 0.29) is 24.5 Å². The highest BCUT2D eigenvalue weighted by Gasteiger charge is 2.36. The molecule has 0 bridgehead atoms. The van der Waals surface area contributed by atoms with Gasteiger partial charge in [0.15, 0.2) is 5.11 Å². The van der Waals surface area contributed by atoms with Gasteiger partial charge in [-0.05, 0) is 32.1 Å². The first-order chi connectivity index (χ1) is 12.9. The van der Waals surface area contributed by atoms with E-state index >= 15 is 0 Å². The summed E-state index contributed by atoms with van der Waals surface area (Å²) in [5.74, 6) is -0.609. The normalized spacial score (nSPS) is 17.2. The molecule has 1 atom stereocenters. The van der Waals surface area contributed by atoms with E-state index in [9.17, 15) is 13.6 Å². The molecule has 1 aliphatic heterocycles. The largest absolute Gasteiger partial charge is 0.460 e. The van der Waals surface area contributed by atoms with Gasteiger partial charge in [-0.3, -0.25) is 0 Å². The topological polar surface area (TPSA) is 60.0 Å². The van der Waals surface area contributed by atoms with Gasteiger partial charge in [0.2, 0.25) is 0 Å². The van der Waals surface area contributed by atoms with E-state index < -0.39 is 18.6 Å². The van der Waals surface area contributed by atoms with E-state index in [4.69, 9.17) is 21.7 Å². The van der Waals surface area contributed by atoms with Crippen molar-refractivity contribution in [3.63, 3.8) is 0 Å². The van der Waals surface area contributed by atoms with Crippen molar-refractivity contribution in [3.8, 4) is 5.75 Å². The first-order valence-corrected chi connectivity index (χ1v) is 8.80. The van der Waals surface area contributed by atoms with Gasteiger partial charge < -0.3 is 24.4 Å². The number of carbonyl (C=O) groups excluding carboxylic acids is 1. The van der Waals surface area contributed by atoms with Gasteiger partial charge in [0.05, 0.1) is 18.2 Å². The molecule has 0 unspecified atom stereocenters. The summed E-state index contributed by atoms with van der Waals surface area (Å²) in [6, 6.07) is 5.50. The smallest absolute Gasteiger partial charge is 0.387 e. The maximum Gasteiger partial charge on any atom is 0.387 e. The molecule has 0 aromatic heterocycles. The van der Waals surface area contributed by atoms with Crippen molar-refractivity contribution in [1.29, 1.82) is 0 Å². The number of rotatable bonds is 8. The van der Waals surface area contributed by atoms with Crippen molar-refractivity contribution in [2.24, 2.45) is 0 Å². The van der Waals surface area contributed by atoms with Crippen LogP contribution in [-0.4, -0.2) is 49.5 Å². The quantitative estimate of drug-likeness (QED) is 0.409. The highest BCUT2D eigenvalue weighted by molar-refractivity contribution is 7.80. The van der Waals surface area contributed by atoms with Crippen molar-refractivity contribution in [2.75, 3.05) is 26.9 Å². The van der Waals surface area contributed by atoms with Crippen LogP contribution >= 0.6 is 12.2 Å². The number of esters is 1. The van der Waals surface area contributed by atoms with Crippen molar-refractivity contribution in [2.45, 2.75) is 26.5 Å². The molecule has 0 fully saturated rings. The van der Waals surface area contributed by atoms with Crippen LogP contribution in [0, 0.1) is 0 Å². The average molecular weight is 400 g/mol. The van der Waals surface area contributed by atoms with Crippen LogP contribution in [-0.2, 0) is 14.3 Å². The monoisotopic (exact) mass is 400 g/mol. The molecule has 9 heteroatoms. The minimum absolute atomic E-state index is 0.0345. The van der Waals surface area contributed by atoms with Crippen LogP contribution in [0.25, 0.3) is 0 Å². The number of para-hydroxylation sites is 1. The van der Waals surface area contributed by atoms with E-state index in [1.807, 2.05) is 6.92 Å². The Morgan fingerprint density at radius 3 is 2.67 bits per heavy atom. The standard InChI is InChI=1S/C18H22F2N2O4S/c1-4-22-11(2)14(16(23)25-10-9-24-3)15(21-18(22)27)12-7-5-6-8-13(12)26-17(19)20/h5-8,15,17H,4,9-10H2,1-3H3,(H,21,27)/t15-/m1/s1. The lowest BCUT2D eigenvalue weighted by molar-refractivity contribution is -0.140. The number of hydrogen-bond donors (Lipinski definition) is 1. The van der Waals surface area contributed by atoms with E-state index in [1.54, 1.807) is 30.0 Å². The Labute approximate surface area is 162 Å². The number of halogens is 2. The highest BCUT2D eigenvalue weighted by Crippen LogP contribution is 2.36. The number of methoxy groups -OCH3 is 1. The first-order valence-electron chi connectivity index (χ1n) is 8.39. The zero-order chi connectivity index (χ0) is 20.0. The molecule has 1 heterocycles. The fourth-order valence-corrected chi connectivity index (χ4v) is 3.26. The average Bonchev–Trinajstić information content (AvgIpc) is 2.61. The van der Waals surface area contributed by atoms with Crippen molar-refractivity contribution >= 4 is 23.3 Å². The number of nitrogens with one attached hydrogen (secondary N) is 1. The van der Waals surface area contributed by atoms with Crippen molar-refractivity contribution in [3.05, 3.63) is 41.1 Å². The molecule has 1 aromatic rings. The number of nitrogens with zero attached hydrogens (tertiary/aromatic N) is 1. The van der Waals surface area contributed by atoms with Crippen LogP contribution in [0.1, 0.15) is 25.5 Å². The molecule has 6 nitrogen and oxygen atoms in total. The second-order valence-corrected chi connectivity index (χ2v) is 6.06. The SMILES string of the molecule is CCN1C(=S)N[C@H](c2ccccc2OC(F)F)C(C(=O)OCCOC)=C1C. The molecule has 0 saturated heterocycles. The Kier molecular flexibility index (Phi) is 7.49. The third-order valence-electron chi connectivity index (χ3n) is 4.10. The summed E-state index contributed by atoms with van der Waals surface area (Å²) in [6.07, 6.45) is 0. The Morgan fingerprint density at radius 2 is 2.04 bits per heavy atom. The molecular formula is C18H22F2N2O4S. The summed E-state index contributed by atoms with van der Waals surface area (Å²) in [5, 5.41) is 3.43. The molecule has 0 amide bonds. The Hall–Kier alpha value is -2.26. The number of ether oxygens (including phenoxy) is 3. The molecule has 1 N–H and O–H groups in total. The van der Waals surface area contributed by atoms with Crippen LogP contribution in [0.15, 0.2) is 35.5 Å². The number of benzene rings is 1. The van der Waals surface area contributed by atoms with Gasteiger partial charge in [0.25, 0.3) is 0 Å². The predicted molar refractivity (Wildman–Crippen MR) is 99.5 cm³/mol. The lowest BCUT2D eigenvalue weighted by Crippen LogP contribution is -2.47. The molecule has 2 rings (SSSR count). The lowest BCUT2D eigenvalue weighted by Gasteiger charge is -2.37. The summed E-state index contributed by atoms with van der Waals surface area (Å²) in [4.78, 5) is 14.5. The van der Waals surface area contributed by atoms with E-state index in [0.29, 0.717) is 22.9 Å². The number of alkyl halides is 2. The molecule has 27 heavy (non-hydrogen) atoms. The van der Waals surface area contributed by atoms with E-state index in [2.05, 4.69) is 10.1 Å². The fraction of sp³-hybridized carbons (Fsp3) is 0.444. The first kappa shape index (κ1) is 21.0. The molecular weight excluding hydrogens is 378 g/mol. The van der Waals surface area contributed by atoms with Gasteiger partial charge >= 0.3 is 12.6 Å². The summed E-state index contributed by atoms with van der Waals surface area (Å²) >= 11 is 5.38. The van der Waals surface area contributed by atoms with Crippen LogP contribution in [0.5, 0.6) is 5.75 Å². The molecule has 0 saturated carbocycles. The van der Waals surface area contributed by atoms with Crippen LogP contribution < -0.4 is 10.1 Å². The van der Waals surface area contributed by atoms with E-state index in [0.717, 1.165) is 0 Å². The second kappa shape index (κ2) is 9.61. The van der Waals surface area contributed by atoms with Gasteiger partial charge in [-0.25, -0.2) is 4.79 Å². The Balaban J connectivity index is 2.48. The minimum Gasteiger partial charge on any atom is -0.460 e. The maximum absolute atomic E-state index is 12.8. The molecule has 0 aliphatic carbocycles. The molecule has 0 spiro atoms. The van der Waals surface area contributed by atoms with Crippen molar-refractivity contribution in [1.82, 2.24) is 10.2 Å². The van der Waals surface area contributed by atoms with E-state index in [1.165, 1.54) is 13.2 Å². The zero-order valence-corrected chi connectivity index (χ0v) is 16.1. The maximum atomic E-state index is 12.8.